The Labute approximate surface area is 141 Å². The molecule has 1 N–H and O–H groups in total. The molecular weight excluding hydrogens is 298 g/mol. The minimum absolute atomic E-state index is 0.225. The van der Waals surface area contributed by atoms with Crippen molar-refractivity contribution in [3.05, 3.63) is 59.7 Å². The quantitative estimate of drug-likeness (QED) is 0.895. The van der Waals surface area contributed by atoms with Crippen molar-refractivity contribution < 1.29 is 5.11 Å². The van der Waals surface area contributed by atoms with Gasteiger partial charge < -0.3 is 10.0 Å². The van der Waals surface area contributed by atoms with E-state index in [-0.39, 0.29) is 5.76 Å². The molecule has 0 saturated carbocycles. The standard InChI is InChI=1S/C20H21N3O/c1-14-9-10-15-17(13-14)21-19(16-7-3-2-4-8-18(16)24)22-20(15)23-11-5-6-12-23/h3-4,7-10,13,24H,2,5-6,11-12H2,1H3. The van der Waals surface area contributed by atoms with Crippen molar-refractivity contribution in [2.24, 2.45) is 0 Å². The highest BCUT2D eigenvalue weighted by atomic mass is 16.3. The Morgan fingerprint density at radius 1 is 1.04 bits per heavy atom. The van der Waals surface area contributed by atoms with E-state index in [0.717, 1.165) is 36.2 Å². The lowest BCUT2D eigenvalue weighted by Gasteiger charge is -2.19. The van der Waals surface area contributed by atoms with Gasteiger partial charge in [0.2, 0.25) is 0 Å². The third-order valence-electron chi connectivity index (χ3n) is 4.59. The third-order valence-corrected chi connectivity index (χ3v) is 4.59. The number of anilines is 1. The summed E-state index contributed by atoms with van der Waals surface area (Å²) in [6.45, 7) is 4.13. The highest BCUT2D eigenvalue weighted by molar-refractivity contribution is 5.92. The molecule has 2 heterocycles. The first kappa shape index (κ1) is 14.9. The molecule has 0 amide bonds. The van der Waals surface area contributed by atoms with Crippen molar-refractivity contribution in [2.45, 2.75) is 26.2 Å². The highest BCUT2D eigenvalue weighted by Gasteiger charge is 2.20. The molecule has 1 aliphatic carbocycles. The van der Waals surface area contributed by atoms with Gasteiger partial charge in [-0.2, -0.15) is 0 Å². The van der Waals surface area contributed by atoms with E-state index in [1.807, 2.05) is 18.2 Å². The van der Waals surface area contributed by atoms with Gasteiger partial charge in [-0.25, -0.2) is 9.97 Å². The lowest BCUT2D eigenvalue weighted by molar-refractivity contribution is 0.435. The first-order chi connectivity index (χ1) is 11.7. The van der Waals surface area contributed by atoms with E-state index in [0.29, 0.717) is 11.4 Å². The SMILES string of the molecule is Cc1ccc2c(N3CCCC3)nc(C3=C(O)C=CCC=C3)nc2c1. The number of rotatable bonds is 2. The number of aliphatic hydroxyl groups is 1. The summed E-state index contributed by atoms with van der Waals surface area (Å²) in [7, 11) is 0. The number of aryl methyl sites for hydroxylation is 1. The fraction of sp³-hybridized carbons (Fsp3) is 0.300. The van der Waals surface area contributed by atoms with E-state index in [4.69, 9.17) is 9.97 Å². The number of aliphatic hydroxyl groups excluding tert-OH is 1. The molecule has 0 unspecified atom stereocenters. The monoisotopic (exact) mass is 319 g/mol. The molecule has 1 fully saturated rings. The van der Waals surface area contributed by atoms with Crippen LogP contribution < -0.4 is 4.90 Å². The van der Waals surface area contributed by atoms with Crippen molar-refractivity contribution in [1.82, 2.24) is 9.97 Å². The Bertz CT molecular complexity index is 874. The summed E-state index contributed by atoms with van der Waals surface area (Å²) in [5, 5.41) is 11.4. The Kier molecular flexibility index (Phi) is 3.81. The maximum Gasteiger partial charge on any atom is 0.165 e. The van der Waals surface area contributed by atoms with Crippen LogP contribution in [0.4, 0.5) is 5.82 Å². The first-order valence-electron chi connectivity index (χ1n) is 8.52. The van der Waals surface area contributed by atoms with Crippen molar-refractivity contribution in [3.63, 3.8) is 0 Å². The van der Waals surface area contributed by atoms with Gasteiger partial charge in [0.1, 0.15) is 11.6 Å². The van der Waals surface area contributed by atoms with E-state index in [1.54, 1.807) is 6.08 Å². The van der Waals surface area contributed by atoms with Crippen LogP contribution in [0.3, 0.4) is 0 Å². The Morgan fingerprint density at radius 2 is 1.83 bits per heavy atom. The second-order valence-electron chi connectivity index (χ2n) is 6.42. The average Bonchev–Trinajstić information content (AvgIpc) is 3.02. The molecule has 0 bridgehead atoms. The highest BCUT2D eigenvalue weighted by Crippen LogP contribution is 2.30. The van der Waals surface area contributed by atoms with E-state index < -0.39 is 0 Å². The van der Waals surface area contributed by atoms with Crippen LogP contribution in [0.5, 0.6) is 0 Å². The lowest BCUT2D eigenvalue weighted by atomic mass is 10.1. The Balaban J connectivity index is 1.94. The molecule has 4 nitrogen and oxygen atoms in total. The molecule has 24 heavy (non-hydrogen) atoms. The smallest absolute Gasteiger partial charge is 0.165 e. The molecule has 4 rings (SSSR count). The van der Waals surface area contributed by atoms with Crippen LogP contribution in [0.25, 0.3) is 16.5 Å². The molecule has 122 valence electrons. The fourth-order valence-electron chi connectivity index (χ4n) is 3.32. The van der Waals surface area contributed by atoms with Crippen LogP contribution >= 0.6 is 0 Å². The van der Waals surface area contributed by atoms with Gasteiger partial charge in [-0.3, -0.25) is 0 Å². The van der Waals surface area contributed by atoms with Gasteiger partial charge in [-0.05, 0) is 50.0 Å². The van der Waals surface area contributed by atoms with Gasteiger partial charge in [-0.15, -0.1) is 0 Å². The van der Waals surface area contributed by atoms with E-state index in [9.17, 15) is 5.11 Å². The predicted molar refractivity (Wildman–Crippen MR) is 98.2 cm³/mol. The van der Waals surface area contributed by atoms with Crippen molar-refractivity contribution in [2.75, 3.05) is 18.0 Å². The molecule has 0 atom stereocenters. The zero-order chi connectivity index (χ0) is 16.5. The lowest BCUT2D eigenvalue weighted by Crippen LogP contribution is -2.20. The van der Waals surface area contributed by atoms with Crippen molar-refractivity contribution in [1.29, 1.82) is 0 Å². The van der Waals surface area contributed by atoms with Crippen LogP contribution in [-0.4, -0.2) is 28.2 Å². The number of benzene rings is 1. The van der Waals surface area contributed by atoms with Gasteiger partial charge in [0.05, 0.1) is 11.1 Å². The normalized spacial score (nSPS) is 17.8. The minimum atomic E-state index is 0.225. The number of nitrogens with zero attached hydrogens (tertiary/aromatic N) is 3. The summed E-state index contributed by atoms with van der Waals surface area (Å²) >= 11 is 0. The van der Waals surface area contributed by atoms with Gasteiger partial charge in [0, 0.05) is 18.5 Å². The Morgan fingerprint density at radius 3 is 2.67 bits per heavy atom. The number of allylic oxidation sites excluding steroid dienone is 5. The molecule has 2 aromatic rings. The molecule has 1 aliphatic heterocycles. The van der Waals surface area contributed by atoms with Crippen LogP contribution in [0, 0.1) is 6.92 Å². The summed E-state index contributed by atoms with van der Waals surface area (Å²) in [5.41, 5.74) is 2.80. The maximum atomic E-state index is 10.3. The van der Waals surface area contributed by atoms with E-state index in [2.05, 4.69) is 30.0 Å². The predicted octanol–water partition coefficient (Wildman–Crippen LogP) is 4.32. The minimum Gasteiger partial charge on any atom is -0.507 e. The number of aromatic nitrogens is 2. The molecule has 1 aromatic carbocycles. The molecular formula is C20H21N3O. The van der Waals surface area contributed by atoms with E-state index in [1.165, 1.54) is 18.4 Å². The first-order valence-corrected chi connectivity index (χ1v) is 8.52. The summed E-state index contributed by atoms with van der Waals surface area (Å²) < 4.78 is 0. The van der Waals surface area contributed by atoms with Crippen LogP contribution in [-0.2, 0) is 0 Å². The second-order valence-corrected chi connectivity index (χ2v) is 6.42. The Hall–Kier alpha value is -2.62. The van der Waals surface area contributed by atoms with Gasteiger partial charge in [-0.1, -0.05) is 24.3 Å². The maximum absolute atomic E-state index is 10.3. The topological polar surface area (TPSA) is 49.2 Å². The average molecular weight is 319 g/mol. The summed E-state index contributed by atoms with van der Waals surface area (Å²) in [6.07, 6.45) is 10.8. The number of hydrogen-bond acceptors (Lipinski definition) is 4. The van der Waals surface area contributed by atoms with Crippen LogP contribution in [0.15, 0.2) is 48.3 Å². The summed E-state index contributed by atoms with van der Waals surface area (Å²) in [5.74, 6) is 1.80. The number of hydrogen-bond donors (Lipinski definition) is 1. The largest absolute Gasteiger partial charge is 0.507 e. The van der Waals surface area contributed by atoms with Crippen molar-refractivity contribution >= 4 is 22.3 Å². The van der Waals surface area contributed by atoms with Crippen molar-refractivity contribution in [3.8, 4) is 0 Å². The summed E-state index contributed by atoms with van der Waals surface area (Å²) in [6, 6.07) is 6.31. The summed E-state index contributed by atoms with van der Waals surface area (Å²) in [4.78, 5) is 11.9. The van der Waals surface area contributed by atoms with E-state index >= 15 is 0 Å². The molecule has 1 aromatic heterocycles. The number of fused-ring (bicyclic) bond motifs is 1. The van der Waals surface area contributed by atoms with Crippen LogP contribution in [0.1, 0.15) is 30.7 Å². The second kappa shape index (κ2) is 6.11. The zero-order valence-electron chi connectivity index (χ0n) is 13.9. The van der Waals surface area contributed by atoms with Crippen LogP contribution in [0.2, 0.25) is 0 Å². The third kappa shape index (κ3) is 2.68. The molecule has 1 saturated heterocycles. The molecule has 4 heteroatoms. The zero-order valence-corrected chi connectivity index (χ0v) is 13.9. The molecule has 0 spiro atoms. The van der Waals surface area contributed by atoms with Gasteiger partial charge >= 0.3 is 0 Å². The van der Waals surface area contributed by atoms with Gasteiger partial charge in [0.25, 0.3) is 0 Å². The molecule has 2 aliphatic rings. The van der Waals surface area contributed by atoms with Gasteiger partial charge in [0.15, 0.2) is 5.82 Å². The fourth-order valence-corrected chi connectivity index (χ4v) is 3.32. The molecule has 0 radical (unpaired) electrons.